The van der Waals surface area contributed by atoms with E-state index in [2.05, 4.69) is 0 Å². The molecule has 4 rings (SSSR count). The summed E-state index contributed by atoms with van der Waals surface area (Å²) in [6, 6.07) is 12.0. The minimum Gasteiger partial charge on any atom is -0.408 e. The summed E-state index contributed by atoms with van der Waals surface area (Å²) < 4.78 is 33.7. The molecule has 0 bridgehead atoms. The first-order valence-electron chi connectivity index (χ1n) is 10.4. The molecule has 0 unspecified atom stereocenters. The quantitative estimate of drug-likeness (QED) is 0.560. The van der Waals surface area contributed by atoms with Crippen molar-refractivity contribution in [3.05, 3.63) is 58.6 Å². The number of hydrogen-bond donors (Lipinski definition) is 0. The van der Waals surface area contributed by atoms with E-state index in [0.717, 1.165) is 11.3 Å². The molecule has 1 amide bonds. The zero-order valence-electron chi connectivity index (χ0n) is 17.6. The minimum absolute atomic E-state index is 0.115. The molecular weight excluding hydrogens is 418 g/mol. The van der Waals surface area contributed by atoms with Gasteiger partial charge in [-0.05, 0) is 42.3 Å². The maximum absolute atomic E-state index is 12.9. The van der Waals surface area contributed by atoms with Crippen LogP contribution in [0.1, 0.15) is 25.8 Å². The molecule has 0 aliphatic carbocycles. The standard InChI is InChI=1S/C22H25N3O5S/c1-3-23(4-2)31(28,29)17-9-10-18-16(15-17)11-13-24(18)21(26)12-14-25-19-7-5-6-8-20(19)30-22(25)27/h5-10,15H,3-4,11-14H2,1-2H3. The summed E-state index contributed by atoms with van der Waals surface area (Å²) in [4.78, 5) is 26.9. The van der Waals surface area contributed by atoms with Crippen molar-refractivity contribution in [3.8, 4) is 0 Å². The molecular formula is C22H25N3O5S. The number of carbonyl (C=O) groups is 1. The zero-order chi connectivity index (χ0) is 22.2. The number of nitrogens with zero attached hydrogens (tertiary/aromatic N) is 3. The number of oxazole rings is 1. The molecule has 1 aromatic heterocycles. The SMILES string of the molecule is CCN(CC)S(=O)(=O)c1ccc2c(c1)CCN2C(=O)CCn1c(=O)oc2ccccc21. The van der Waals surface area contributed by atoms with E-state index in [4.69, 9.17) is 4.42 Å². The average molecular weight is 444 g/mol. The van der Waals surface area contributed by atoms with E-state index >= 15 is 0 Å². The number of aromatic nitrogens is 1. The summed E-state index contributed by atoms with van der Waals surface area (Å²) in [7, 11) is -3.54. The van der Waals surface area contributed by atoms with Crippen LogP contribution in [-0.2, 0) is 27.8 Å². The normalized spacial score (nSPS) is 13.8. The zero-order valence-corrected chi connectivity index (χ0v) is 18.4. The number of benzene rings is 2. The Kier molecular flexibility index (Phi) is 5.72. The van der Waals surface area contributed by atoms with Crippen molar-refractivity contribution in [1.29, 1.82) is 0 Å². The molecule has 0 N–H and O–H groups in total. The Morgan fingerprint density at radius 3 is 2.61 bits per heavy atom. The summed E-state index contributed by atoms with van der Waals surface area (Å²) in [5.74, 6) is -0.600. The van der Waals surface area contributed by atoms with Crippen LogP contribution < -0.4 is 10.7 Å². The third-order valence-corrected chi connectivity index (χ3v) is 7.76. The highest BCUT2D eigenvalue weighted by molar-refractivity contribution is 7.89. The van der Waals surface area contributed by atoms with Crippen molar-refractivity contribution in [3.63, 3.8) is 0 Å². The van der Waals surface area contributed by atoms with Crippen molar-refractivity contribution >= 4 is 32.7 Å². The maximum Gasteiger partial charge on any atom is 0.419 e. The molecule has 9 heteroatoms. The van der Waals surface area contributed by atoms with E-state index in [1.165, 1.54) is 8.87 Å². The van der Waals surface area contributed by atoms with E-state index in [0.29, 0.717) is 37.2 Å². The summed E-state index contributed by atoms with van der Waals surface area (Å²) in [5.41, 5.74) is 2.72. The summed E-state index contributed by atoms with van der Waals surface area (Å²) >= 11 is 0. The summed E-state index contributed by atoms with van der Waals surface area (Å²) in [6.45, 7) is 5.14. The molecule has 31 heavy (non-hydrogen) atoms. The van der Waals surface area contributed by atoms with Gasteiger partial charge in [0.1, 0.15) is 0 Å². The summed E-state index contributed by atoms with van der Waals surface area (Å²) in [5, 5.41) is 0. The van der Waals surface area contributed by atoms with Gasteiger partial charge in [-0.15, -0.1) is 0 Å². The smallest absolute Gasteiger partial charge is 0.408 e. The predicted octanol–water partition coefficient (Wildman–Crippen LogP) is 2.60. The third kappa shape index (κ3) is 3.79. The van der Waals surface area contributed by atoms with E-state index in [-0.39, 0.29) is 23.8 Å². The van der Waals surface area contributed by atoms with Crippen LogP contribution in [0.3, 0.4) is 0 Å². The Morgan fingerprint density at radius 1 is 1.13 bits per heavy atom. The fourth-order valence-electron chi connectivity index (χ4n) is 4.08. The lowest BCUT2D eigenvalue weighted by molar-refractivity contribution is -0.118. The highest BCUT2D eigenvalue weighted by atomic mass is 32.2. The number of anilines is 1. The molecule has 0 saturated heterocycles. The van der Waals surface area contributed by atoms with E-state index in [1.54, 1.807) is 41.3 Å². The van der Waals surface area contributed by atoms with Crippen LogP contribution in [0.25, 0.3) is 11.1 Å². The average Bonchev–Trinajstić information content (AvgIpc) is 3.32. The fourth-order valence-corrected chi connectivity index (χ4v) is 5.59. The molecule has 0 atom stereocenters. The second-order valence-electron chi connectivity index (χ2n) is 7.41. The van der Waals surface area contributed by atoms with Gasteiger partial charge in [-0.3, -0.25) is 9.36 Å². The Bertz CT molecular complexity index is 1290. The van der Waals surface area contributed by atoms with Crippen molar-refractivity contribution in [2.24, 2.45) is 0 Å². The molecule has 1 aliphatic rings. The lowest BCUT2D eigenvalue weighted by Gasteiger charge is -2.20. The Hall–Kier alpha value is -2.91. The Balaban J connectivity index is 1.52. The number of hydrogen-bond acceptors (Lipinski definition) is 5. The van der Waals surface area contributed by atoms with Crippen LogP contribution in [0.4, 0.5) is 5.69 Å². The fraction of sp³-hybridized carbons (Fsp3) is 0.364. The first-order valence-corrected chi connectivity index (χ1v) is 11.8. The van der Waals surface area contributed by atoms with Crippen molar-refractivity contribution in [1.82, 2.24) is 8.87 Å². The van der Waals surface area contributed by atoms with Gasteiger partial charge in [-0.1, -0.05) is 26.0 Å². The Morgan fingerprint density at radius 2 is 1.87 bits per heavy atom. The van der Waals surface area contributed by atoms with Gasteiger partial charge < -0.3 is 9.32 Å². The van der Waals surface area contributed by atoms with E-state index < -0.39 is 15.8 Å². The molecule has 0 fully saturated rings. The van der Waals surface area contributed by atoms with Gasteiger partial charge >= 0.3 is 5.76 Å². The second kappa shape index (κ2) is 8.32. The molecule has 2 aromatic carbocycles. The van der Waals surface area contributed by atoms with Gasteiger partial charge in [0, 0.05) is 38.3 Å². The predicted molar refractivity (Wildman–Crippen MR) is 118 cm³/mol. The van der Waals surface area contributed by atoms with E-state index in [9.17, 15) is 18.0 Å². The first-order chi connectivity index (χ1) is 14.9. The van der Waals surface area contributed by atoms with Gasteiger partial charge in [0.05, 0.1) is 10.4 Å². The van der Waals surface area contributed by atoms with Gasteiger partial charge in [0.15, 0.2) is 5.58 Å². The summed E-state index contributed by atoms with van der Waals surface area (Å²) in [6.07, 6.45) is 0.736. The molecule has 1 aliphatic heterocycles. The third-order valence-electron chi connectivity index (χ3n) is 5.71. The topological polar surface area (TPSA) is 92.8 Å². The maximum atomic E-state index is 12.9. The number of aryl methyl sites for hydroxylation is 1. The second-order valence-corrected chi connectivity index (χ2v) is 9.35. The van der Waals surface area contributed by atoms with Gasteiger partial charge in [0.2, 0.25) is 15.9 Å². The highest BCUT2D eigenvalue weighted by Crippen LogP contribution is 2.31. The molecule has 3 aromatic rings. The van der Waals surface area contributed by atoms with Crippen LogP contribution in [-0.4, -0.2) is 42.8 Å². The minimum atomic E-state index is -3.54. The number of rotatable bonds is 7. The number of fused-ring (bicyclic) bond motifs is 2. The molecule has 164 valence electrons. The lowest BCUT2D eigenvalue weighted by atomic mass is 10.2. The monoisotopic (exact) mass is 443 g/mol. The van der Waals surface area contributed by atoms with Crippen molar-refractivity contribution in [2.75, 3.05) is 24.5 Å². The van der Waals surface area contributed by atoms with Gasteiger partial charge in [0.25, 0.3) is 0 Å². The number of carbonyl (C=O) groups excluding carboxylic acids is 1. The molecule has 0 saturated carbocycles. The van der Waals surface area contributed by atoms with Crippen LogP contribution in [0.2, 0.25) is 0 Å². The van der Waals surface area contributed by atoms with Crippen LogP contribution in [0.15, 0.2) is 56.6 Å². The van der Waals surface area contributed by atoms with Crippen LogP contribution in [0, 0.1) is 0 Å². The molecule has 2 heterocycles. The number of para-hydroxylation sites is 2. The molecule has 0 spiro atoms. The molecule has 0 radical (unpaired) electrons. The van der Waals surface area contributed by atoms with Crippen LogP contribution in [0.5, 0.6) is 0 Å². The van der Waals surface area contributed by atoms with Crippen molar-refractivity contribution < 1.29 is 17.6 Å². The number of amides is 1. The lowest BCUT2D eigenvalue weighted by Crippen LogP contribution is -2.31. The van der Waals surface area contributed by atoms with Crippen molar-refractivity contribution in [2.45, 2.75) is 38.1 Å². The van der Waals surface area contributed by atoms with E-state index in [1.807, 2.05) is 19.9 Å². The highest BCUT2D eigenvalue weighted by Gasteiger charge is 2.28. The Labute approximate surface area is 180 Å². The van der Waals surface area contributed by atoms with Crippen LogP contribution >= 0.6 is 0 Å². The van der Waals surface area contributed by atoms with Gasteiger partial charge in [-0.25, -0.2) is 13.2 Å². The largest absolute Gasteiger partial charge is 0.419 e. The van der Waals surface area contributed by atoms with Gasteiger partial charge in [-0.2, -0.15) is 4.31 Å². The first kappa shape index (κ1) is 21.3. The number of sulfonamides is 1. The molecule has 8 nitrogen and oxygen atoms in total.